The summed E-state index contributed by atoms with van der Waals surface area (Å²) < 4.78 is 0. The largest absolute Gasteiger partial charge is 0.357 e. The number of aromatic amines is 1. The van der Waals surface area contributed by atoms with Crippen molar-refractivity contribution in [3.63, 3.8) is 0 Å². The molecule has 4 nitrogen and oxygen atoms in total. The topological polar surface area (TPSA) is 79.9 Å². The summed E-state index contributed by atoms with van der Waals surface area (Å²) in [5, 5.41) is 2.50. The molecule has 0 saturated carbocycles. The smallest absolute Gasteiger partial charge is 0.267 e. The van der Waals surface area contributed by atoms with Crippen molar-refractivity contribution in [2.24, 2.45) is 0 Å². The van der Waals surface area contributed by atoms with Crippen LogP contribution in [0.1, 0.15) is 31.8 Å². The third-order valence-corrected chi connectivity index (χ3v) is 1.07. The third-order valence-electron chi connectivity index (χ3n) is 1.07. The van der Waals surface area contributed by atoms with Crippen LogP contribution in [0, 0.1) is 0 Å². The van der Waals surface area contributed by atoms with Crippen molar-refractivity contribution in [3.05, 3.63) is 24.0 Å². The Morgan fingerprint density at radius 2 is 2.00 bits per heavy atom. The Morgan fingerprint density at radius 3 is 2.31 bits per heavy atom. The van der Waals surface area contributed by atoms with Gasteiger partial charge in [-0.05, 0) is 12.1 Å². The van der Waals surface area contributed by atoms with Crippen molar-refractivity contribution in [1.82, 2.24) is 16.5 Å². The Labute approximate surface area is 80.3 Å². The molecule has 13 heavy (non-hydrogen) atoms. The quantitative estimate of drug-likeness (QED) is 0.630. The lowest BCUT2D eigenvalue weighted by atomic mass is 10.4. The number of hydrogen-bond acceptors (Lipinski definition) is 2. The summed E-state index contributed by atoms with van der Waals surface area (Å²) >= 11 is 0. The van der Waals surface area contributed by atoms with E-state index in [1.165, 1.54) is 0 Å². The van der Waals surface area contributed by atoms with Crippen molar-refractivity contribution in [2.75, 3.05) is 7.05 Å². The predicted molar refractivity (Wildman–Crippen MR) is 57.3 cm³/mol. The van der Waals surface area contributed by atoms with Crippen LogP contribution >= 0.6 is 0 Å². The van der Waals surface area contributed by atoms with Gasteiger partial charge in [0.1, 0.15) is 5.69 Å². The van der Waals surface area contributed by atoms with E-state index in [-0.39, 0.29) is 19.5 Å². The maximum atomic E-state index is 10.7. The Morgan fingerprint density at radius 1 is 1.46 bits per heavy atom. The summed E-state index contributed by atoms with van der Waals surface area (Å²) in [7, 11) is 1.60. The first-order chi connectivity index (χ1) is 5.34. The molecule has 4 heteroatoms. The van der Waals surface area contributed by atoms with Crippen LogP contribution in [0.15, 0.2) is 18.3 Å². The Balaban J connectivity index is -0.000000234. The van der Waals surface area contributed by atoms with E-state index in [1.807, 2.05) is 13.8 Å². The monoisotopic (exact) mass is 187 g/mol. The second kappa shape index (κ2) is 10.7. The standard InChI is InChI=1S/C6H8N2O.C2H6.CH4.H3N/c1-7-6(9)5-3-2-4-8-5;1-2;;/h2-4,8H,1H3,(H,7,9);1-2H3;1H4;1H3. The molecule has 0 aliphatic carbocycles. The van der Waals surface area contributed by atoms with Gasteiger partial charge in [-0.3, -0.25) is 4.79 Å². The van der Waals surface area contributed by atoms with Gasteiger partial charge in [-0.1, -0.05) is 21.3 Å². The molecule has 78 valence electrons. The fraction of sp³-hybridized carbons (Fsp3) is 0.444. The number of H-pyrrole nitrogens is 1. The minimum Gasteiger partial charge on any atom is -0.357 e. The van der Waals surface area contributed by atoms with Gasteiger partial charge in [0.2, 0.25) is 0 Å². The van der Waals surface area contributed by atoms with Gasteiger partial charge in [-0.25, -0.2) is 0 Å². The molecule has 0 bridgehead atoms. The average Bonchev–Trinajstić information content (AvgIpc) is 2.59. The first kappa shape index (κ1) is 17.7. The highest BCUT2D eigenvalue weighted by molar-refractivity contribution is 5.92. The molecule has 0 unspecified atom stereocenters. The number of aromatic nitrogens is 1. The summed E-state index contributed by atoms with van der Waals surface area (Å²) in [5.41, 5.74) is 0.595. The number of carbonyl (C=O) groups excluding carboxylic acids is 1. The number of amides is 1. The van der Waals surface area contributed by atoms with Crippen molar-refractivity contribution < 1.29 is 4.79 Å². The molecule has 0 spiro atoms. The zero-order valence-corrected chi connectivity index (χ0v) is 7.85. The highest BCUT2D eigenvalue weighted by atomic mass is 16.1. The van der Waals surface area contributed by atoms with Crippen LogP contribution in [0.5, 0.6) is 0 Å². The Bertz CT molecular complexity index is 195. The zero-order valence-electron chi connectivity index (χ0n) is 7.85. The number of hydrogen-bond donors (Lipinski definition) is 3. The molecule has 1 aromatic heterocycles. The van der Waals surface area contributed by atoms with Gasteiger partial charge in [-0.2, -0.15) is 0 Å². The Kier molecular flexibility index (Phi) is 14.6. The fourth-order valence-corrected chi connectivity index (χ4v) is 0.606. The van der Waals surface area contributed by atoms with Crippen molar-refractivity contribution in [2.45, 2.75) is 21.3 Å². The molecule has 0 fully saturated rings. The van der Waals surface area contributed by atoms with Crippen LogP contribution in [0.3, 0.4) is 0 Å². The second-order valence-electron chi connectivity index (χ2n) is 1.66. The van der Waals surface area contributed by atoms with Gasteiger partial charge in [0.15, 0.2) is 0 Å². The summed E-state index contributed by atoms with van der Waals surface area (Å²) in [6.45, 7) is 4.00. The van der Waals surface area contributed by atoms with Gasteiger partial charge in [0.05, 0.1) is 0 Å². The maximum absolute atomic E-state index is 10.7. The third kappa shape index (κ3) is 5.93. The van der Waals surface area contributed by atoms with E-state index in [4.69, 9.17) is 0 Å². The Hall–Kier alpha value is -1.29. The summed E-state index contributed by atoms with van der Waals surface area (Å²) in [6, 6.07) is 3.50. The normalized spacial score (nSPS) is 6.69. The van der Waals surface area contributed by atoms with Crippen LogP contribution < -0.4 is 11.5 Å². The lowest BCUT2D eigenvalue weighted by Crippen LogP contribution is -2.17. The van der Waals surface area contributed by atoms with Crippen LogP contribution in [-0.4, -0.2) is 17.9 Å². The summed E-state index contributed by atoms with van der Waals surface area (Å²) in [5.74, 6) is -0.0833. The molecule has 1 aromatic rings. The molecule has 0 aliphatic rings. The van der Waals surface area contributed by atoms with Crippen LogP contribution in [0.4, 0.5) is 0 Å². The molecule has 5 N–H and O–H groups in total. The molecule has 1 amide bonds. The van der Waals surface area contributed by atoms with Gasteiger partial charge in [0, 0.05) is 13.2 Å². The van der Waals surface area contributed by atoms with Crippen LogP contribution in [0.2, 0.25) is 0 Å². The van der Waals surface area contributed by atoms with Crippen molar-refractivity contribution in [3.8, 4) is 0 Å². The van der Waals surface area contributed by atoms with E-state index in [0.717, 1.165) is 0 Å². The first-order valence-electron chi connectivity index (χ1n) is 3.70. The van der Waals surface area contributed by atoms with E-state index in [1.54, 1.807) is 25.4 Å². The molecule has 1 heterocycles. The van der Waals surface area contributed by atoms with E-state index >= 15 is 0 Å². The molecule has 1 rings (SSSR count). The van der Waals surface area contributed by atoms with E-state index < -0.39 is 0 Å². The average molecular weight is 187 g/mol. The maximum Gasteiger partial charge on any atom is 0.267 e. The molecule has 0 radical (unpaired) electrons. The van der Waals surface area contributed by atoms with Gasteiger partial charge in [0.25, 0.3) is 5.91 Å². The van der Waals surface area contributed by atoms with Gasteiger partial charge in [-0.15, -0.1) is 0 Å². The number of rotatable bonds is 1. The van der Waals surface area contributed by atoms with Crippen LogP contribution in [-0.2, 0) is 0 Å². The summed E-state index contributed by atoms with van der Waals surface area (Å²) in [4.78, 5) is 13.5. The van der Waals surface area contributed by atoms with Crippen LogP contribution in [0.25, 0.3) is 0 Å². The minimum absolute atomic E-state index is 0. The number of nitrogens with one attached hydrogen (secondary N) is 2. The van der Waals surface area contributed by atoms with Crippen molar-refractivity contribution >= 4 is 5.91 Å². The van der Waals surface area contributed by atoms with Gasteiger partial charge >= 0.3 is 0 Å². The van der Waals surface area contributed by atoms with Crippen molar-refractivity contribution in [1.29, 1.82) is 0 Å². The molecule has 0 aromatic carbocycles. The second-order valence-corrected chi connectivity index (χ2v) is 1.66. The fourth-order valence-electron chi connectivity index (χ4n) is 0.606. The first-order valence-corrected chi connectivity index (χ1v) is 3.70. The van der Waals surface area contributed by atoms with Gasteiger partial charge < -0.3 is 16.5 Å². The molecular weight excluding hydrogens is 166 g/mol. The molecule has 0 atom stereocenters. The molecular formula is C9H21N3O. The SMILES string of the molecule is C.CC.CNC(=O)c1ccc[nH]1.N. The number of carbonyl (C=O) groups is 1. The van der Waals surface area contributed by atoms with E-state index in [0.29, 0.717) is 5.69 Å². The molecule has 0 aliphatic heterocycles. The van der Waals surface area contributed by atoms with E-state index in [9.17, 15) is 4.79 Å². The molecule has 0 saturated heterocycles. The summed E-state index contributed by atoms with van der Waals surface area (Å²) in [6.07, 6.45) is 1.71. The van der Waals surface area contributed by atoms with E-state index in [2.05, 4.69) is 10.3 Å². The highest BCUT2D eigenvalue weighted by Gasteiger charge is 1.99. The minimum atomic E-state index is -0.0833. The highest BCUT2D eigenvalue weighted by Crippen LogP contribution is 1.91. The lowest BCUT2D eigenvalue weighted by Gasteiger charge is -1.91. The predicted octanol–water partition coefficient (Wildman–Crippen LogP) is 2.20. The zero-order chi connectivity index (χ0) is 8.69. The lowest BCUT2D eigenvalue weighted by molar-refractivity contribution is 0.0959.